The molecule has 5 rings (SSSR count). The summed E-state index contributed by atoms with van der Waals surface area (Å²) in [5.41, 5.74) is 8.60. The molecule has 2 heterocycles. The molecule has 0 fully saturated rings. The van der Waals surface area contributed by atoms with Crippen molar-refractivity contribution in [1.82, 2.24) is 10.6 Å². The second-order valence-corrected chi connectivity index (χ2v) is 9.63. The Bertz CT molecular complexity index is 1020. The third-order valence-electron chi connectivity index (χ3n) is 7.06. The van der Waals surface area contributed by atoms with Gasteiger partial charge in [0.2, 0.25) is 0 Å². The van der Waals surface area contributed by atoms with Gasteiger partial charge < -0.3 is 15.5 Å². The number of thiocarbonyl (C=S) groups is 1. The van der Waals surface area contributed by atoms with E-state index in [9.17, 15) is 0 Å². The molecule has 2 unspecified atom stereocenters. The summed E-state index contributed by atoms with van der Waals surface area (Å²) < 4.78 is 0. The lowest BCUT2D eigenvalue weighted by Crippen LogP contribution is -2.38. The Labute approximate surface area is 203 Å². The van der Waals surface area contributed by atoms with Crippen LogP contribution in [0.3, 0.4) is 0 Å². The van der Waals surface area contributed by atoms with E-state index in [0.29, 0.717) is 11.8 Å². The highest BCUT2D eigenvalue weighted by Gasteiger charge is 2.34. The highest BCUT2D eigenvalue weighted by atomic mass is 32.1. The van der Waals surface area contributed by atoms with Gasteiger partial charge in [0.05, 0.1) is 0 Å². The van der Waals surface area contributed by atoms with Gasteiger partial charge in [-0.05, 0) is 59.3 Å². The minimum Gasteiger partial charge on any atom is -0.371 e. The fourth-order valence-corrected chi connectivity index (χ4v) is 5.68. The van der Waals surface area contributed by atoms with Gasteiger partial charge in [0.1, 0.15) is 0 Å². The highest BCUT2D eigenvalue weighted by molar-refractivity contribution is 7.80. The van der Waals surface area contributed by atoms with Crippen LogP contribution < -0.4 is 15.5 Å². The van der Waals surface area contributed by atoms with E-state index < -0.39 is 0 Å². The van der Waals surface area contributed by atoms with Crippen LogP contribution in [0.4, 0.5) is 5.69 Å². The van der Waals surface area contributed by atoms with E-state index in [1.54, 1.807) is 0 Å². The largest absolute Gasteiger partial charge is 0.371 e. The maximum atomic E-state index is 5.50. The van der Waals surface area contributed by atoms with Crippen LogP contribution in [-0.2, 0) is 6.54 Å². The van der Waals surface area contributed by atoms with Crippen molar-refractivity contribution in [2.24, 2.45) is 0 Å². The van der Waals surface area contributed by atoms with Crippen LogP contribution in [0.15, 0.2) is 72.8 Å². The number of rotatable bonds is 6. The van der Waals surface area contributed by atoms with Gasteiger partial charge >= 0.3 is 0 Å². The van der Waals surface area contributed by atoms with Crippen molar-refractivity contribution in [3.8, 4) is 0 Å². The molecule has 2 atom stereocenters. The number of hydrogen-bond acceptors (Lipinski definition) is 2. The lowest BCUT2D eigenvalue weighted by molar-refractivity contribution is 0.569. The summed E-state index contributed by atoms with van der Waals surface area (Å²) >= 11 is 5.50. The smallest absolute Gasteiger partial charge is 0.166 e. The van der Waals surface area contributed by atoms with Crippen LogP contribution >= 0.6 is 12.2 Å². The fourth-order valence-electron chi connectivity index (χ4n) is 5.51. The van der Waals surface area contributed by atoms with Crippen LogP contribution in [0.25, 0.3) is 0 Å². The predicted molar refractivity (Wildman–Crippen MR) is 142 cm³/mol. The van der Waals surface area contributed by atoms with Crippen molar-refractivity contribution >= 4 is 23.0 Å². The Balaban J connectivity index is 1.56. The first-order valence-electron chi connectivity index (χ1n) is 12.3. The maximum absolute atomic E-state index is 5.50. The van der Waals surface area contributed by atoms with Gasteiger partial charge in [-0.25, -0.2) is 0 Å². The van der Waals surface area contributed by atoms with E-state index in [-0.39, 0.29) is 0 Å². The van der Waals surface area contributed by atoms with E-state index in [1.807, 2.05) is 0 Å². The van der Waals surface area contributed by atoms with Crippen molar-refractivity contribution in [2.75, 3.05) is 24.5 Å². The molecule has 3 aromatic rings. The van der Waals surface area contributed by atoms with Crippen LogP contribution in [0.2, 0.25) is 0 Å². The van der Waals surface area contributed by atoms with E-state index in [1.165, 1.54) is 46.3 Å². The number of nitrogens with one attached hydrogen (secondary N) is 2. The molecule has 2 N–H and O–H groups in total. The normalized spacial score (nSPS) is 19.0. The summed E-state index contributed by atoms with van der Waals surface area (Å²) in [4.78, 5) is 2.63. The SMILES string of the molecule is CCCNC(=S)NCc1cc2c3c(c1)C(c1ccccc1)CCN3CCC2c1ccccc1. The summed E-state index contributed by atoms with van der Waals surface area (Å²) in [5, 5.41) is 7.47. The molecule has 0 radical (unpaired) electrons. The molecule has 2 aliphatic rings. The summed E-state index contributed by atoms with van der Waals surface area (Å²) in [6, 6.07) is 26.9. The van der Waals surface area contributed by atoms with E-state index in [2.05, 4.69) is 95.3 Å². The van der Waals surface area contributed by atoms with E-state index in [4.69, 9.17) is 12.2 Å². The van der Waals surface area contributed by atoms with Gasteiger partial charge in [0, 0.05) is 43.7 Å². The summed E-state index contributed by atoms with van der Waals surface area (Å²) in [6.07, 6.45) is 3.40. The molecule has 0 aromatic heterocycles. The predicted octanol–water partition coefficient (Wildman–Crippen LogP) is 5.94. The zero-order valence-electron chi connectivity index (χ0n) is 19.4. The summed E-state index contributed by atoms with van der Waals surface area (Å²) in [6.45, 7) is 6.07. The molecule has 4 heteroatoms. The average Bonchev–Trinajstić information content (AvgIpc) is 2.87. The zero-order valence-corrected chi connectivity index (χ0v) is 20.2. The first kappa shape index (κ1) is 22.0. The van der Waals surface area contributed by atoms with Crippen molar-refractivity contribution in [3.05, 3.63) is 101 Å². The quantitative estimate of drug-likeness (QED) is 0.450. The first-order valence-corrected chi connectivity index (χ1v) is 12.7. The Morgan fingerprint density at radius 2 is 1.39 bits per heavy atom. The number of anilines is 1. The minimum atomic E-state index is 0.441. The lowest BCUT2D eigenvalue weighted by atomic mass is 9.76. The van der Waals surface area contributed by atoms with Crippen LogP contribution in [0.1, 0.15) is 65.8 Å². The molecule has 0 spiro atoms. The van der Waals surface area contributed by atoms with Gasteiger partial charge in [0.25, 0.3) is 0 Å². The molecule has 3 aromatic carbocycles. The molecule has 170 valence electrons. The number of hydrogen-bond donors (Lipinski definition) is 2. The van der Waals surface area contributed by atoms with Gasteiger partial charge in [-0.3, -0.25) is 0 Å². The van der Waals surface area contributed by atoms with Gasteiger partial charge in [-0.1, -0.05) is 79.7 Å². The minimum absolute atomic E-state index is 0.441. The van der Waals surface area contributed by atoms with Crippen molar-refractivity contribution in [3.63, 3.8) is 0 Å². The number of benzene rings is 3. The fraction of sp³-hybridized carbons (Fsp3) is 0.345. The summed E-state index contributed by atoms with van der Waals surface area (Å²) in [7, 11) is 0. The molecular weight excluding hydrogens is 422 g/mol. The van der Waals surface area contributed by atoms with Crippen molar-refractivity contribution in [2.45, 2.75) is 44.6 Å². The van der Waals surface area contributed by atoms with Crippen molar-refractivity contribution < 1.29 is 0 Å². The molecule has 2 aliphatic heterocycles. The maximum Gasteiger partial charge on any atom is 0.166 e. The van der Waals surface area contributed by atoms with Crippen LogP contribution in [-0.4, -0.2) is 24.7 Å². The monoisotopic (exact) mass is 455 g/mol. The Morgan fingerprint density at radius 1 is 0.848 bits per heavy atom. The van der Waals surface area contributed by atoms with Crippen LogP contribution in [0, 0.1) is 0 Å². The topological polar surface area (TPSA) is 27.3 Å². The first-order chi connectivity index (χ1) is 16.2. The molecule has 0 saturated heterocycles. The molecule has 0 bridgehead atoms. The Hall–Kier alpha value is -2.85. The highest BCUT2D eigenvalue weighted by Crippen LogP contribution is 2.48. The Morgan fingerprint density at radius 3 is 1.91 bits per heavy atom. The standard InChI is InChI=1S/C29H33N3S/c1-2-15-30-29(33)31-20-21-18-26-24(22-9-5-3-6-10-22)13-16-32-17-14-25(27(19-21)28(26)32)23-11-7-4-8-12-23/h3-12,18-19,24-25H,2,13-17,20H2,1H3,(H2,30,31,33). The van der Waals surface area contributed by atoms with Gasteiger partial charge in [-0.15, -0.1) is 0 Å². The van der Waals surface area contributed by atoms with Gasteiger partial charge in [0.15, 0.2) is 5.11 Å². The third-order valence-corrected chi connectivity index (χ3v) is 7.35. The van der Waals surface area contributed by atoms with Crippen LogP contribution in [0.5, 0.6) is 0 Å². The van der Waals surface area contributed by atoms with E-state index in [0.717, 1.165) is 37.7 Å². The lowest BCUT2D eigenvalue weighted by Gasteiger charge is -2.43. The molecular formula is C29H33N3S. The van der Waals surface area contributed by atoms with Gasteiger partial charge in [-0.2, -0.15) is 0 Å². The molecule has 3 nitrogen and oxygen atoms in total. The average molecular weight is 456 g/mol. The summed E-state index contributed by atoms with van der Waals surface area (Å²) in [5.74, 6) is 0.881. The third kappa shape index (κ3) is 4.63. The zero-order chi connectivity index (χ0) is 22.6. The number of nitrogens with zero attached hydrogens (tertiary/aromatic N) is 1. The molecule has 33 heavy (non-hydrogen) atoms. The Kier molecular flexibility index (Phi) is 6.63. The van der Waals surface area contributed by atoms with E-state index >= 15 is 0 Å². The second-order valence-electron chi connectivity index (χ2n) is 9.22. The van der Waals surface area contributed by atoms with Crippen molar-refractivity contribution in [1.29, 1.82) is 0 Å². The molecule has 0 aliphatic carbocycles. The molecule has 0 saturated carbocycles. The molecule has 0 amide bonds. The second kappa shape index (κ2) is 9.96.